The molecular weight excluding hydrogens is 232 g/mol. The number of carbonyl (C=O) groups is 1. The van der Waals surface area contributed by atoms with Gasteiger partial charge in [-0.15, -0.1) is 0 Å². The van der Waals surface area contributed by atoms with Crippen LogP contribution in [0.2, 0.25) is 0 Å². The highest BCUT2D eigenvalue weighted by Crippen LogP contribution is 2.10. The van der Waals surface area contributed by atoms with Gasteiger partial charge in [0.05, 0.1) is 0 Å². The molecule has 3 N–H and O–H groups in total. The third kappa shape index (κ3) is 4.79. The first kappa shape index (κ1) is 14.1. The third-order valence-electron chi connectivity index (χ3n) is 2.40. The van der Waals surface area contributed by atoms with Gasteiger partial charge in [-0.25, -0.2) is 0 Å². The van der Waals surface area contributed by atoms with Gasteiger partial charge in [-0.2, -0.15) is 11.8 Å². The lowest BCUT2D eigenvalue weighted by Gasteiger charge is -2.17. The number of hydrogen-bond acceptors (Lipinski definition) is 3. The van der Waals surface area contributed by atoms with E-state index < -0.39 is 6.04 Å². The zero-order valence-corrected chi connectivity index (χ0v) is 11.2. The van der Waals surface area contributed by atoms with Crippen LogP contribution in [0.1, 0.15) is 25.5 Å². The van der Waals surface area contributed by atoms with Crippen LogP contribution in [0.4, 0.5) is 0 Å². The first-order chi connectivity index (χ1) is 8.15. The van der Waals surface area contributed by atoms with Gasteiger partial charge in [-0.3, -0.25) is 4.79 Å². The average Bonchev–Trinajstić information content (AvgIpc) is 2.36. The minimum atomic E-state index is -0.578. The Kier molecular flexibility index (Phi) is 6.08. The number of rotatable bonds is 6. The number of carbonyl (C=O) groups excluding carboxylic acids is 1. The molecule has 1 aromatic rings. The van der Waals surface area contributed by atoms with Gasteiger partial charge in [0.15, 0.2) is 0 Å². The van der Waals surface area contributed by atoms with E-state index in [1.54, 1.807) is 0 Å². The van der Waals surface area contributed by atoms with Crippen LogP contribution in [-0.4, -0.2) is 23.5 Å². The van der Waals surface area contributed by atoms with Crippen molar-refractivity contribution in [1.82, 2.24) is 5.32 Å². The summed E-state index contributed by atoms with van der Waals surface area (Å²) in [4.78, 5) is 11.9. The number of nitrogens with one attached hydrogen (secondary N) is 1. The van der Waals surface area contributed by atoms with E-state index in [9.17, 15) is 4.79 Å². The van der Waals surface area contributed by atoms with Crippen LogP contribution in [0.3, 0.4) is 0 Å². The number of thioether (sulfide) groups is 1. The predicted octanol–water partition coefficient (Wildman–Crippen LogP) is 1.94. The number of benzene rings is 1. The van der Waals surface area contributed by atoms with Gasteiger partial charge in [0, 0.05) is 11.8 Å². The van der Waals surface area contributed by atoms with Crippen LogP contribution >= 0.6 is 11.8 Å². The molecule has 0 saturated heterocycles. The fraction of sp³-hybridized carbons (Fsp3) is 0.462. The topological polar surface area (TPSA) is 55.1 Å². The van der Waals surface area contributed by atoms with Crippen molar-refractivity contribution in [2.24, 2.45) is 5.73 Å². The Morgan fingerprint density at radius 3 is 2.65 bits per heavy atom. The zero-order valence-electron chi connectivity index (χ0n) is 10.3. The van der Waals surface area contributed by atoms with Crippen molar-refractivity contribution < 1.29 is 4.79 Å². The predicted molar refractivity (Wildman–Crippen MR) is 74.0 cm³/mol. The summed E-state index contributed by atoms with van der Waals surface area (Å²) in [7, 11) is 0. The van der Waals surface area contributed by atoms with E-state index in [1.165, 1.54) is 0 Å². The quantitative estimate of drug-likeness (QED) is 0.813. The van der Waals surface area contributed by atoms with Crippen molar-refractivity contribution in [3.8, 4) is 0 Å². The van der Waals surface area contributed by atoms with Crippen molar-refractivity contribution in [3.63, 3.8) is 0 Å². The molecule has 0 aliphatic heterocycles. The van der Waals surface area contributed by atoms with Crippen LogP contribution < -0.4 is 11.1 Å². The van der Waals surface area contributed by atoms with E-state index in [1.807, 2.05) is 49.0 Å². The smallest absolute Gasteiger partial charge is 0.241 e. The second-order valence-corrected chi connectivity index (χ2v) is 5.28. The van der Waals surface area contributed by atoms with Crippen LogP contribution in [0.5, 0.6) is 0 Å². The maximum atomic E-state index is 11.9. The van der Waals surface area contributed by atoms with Crippen LogP contribution in [0.15, 0.2) is 30.3 Å². The Morgan fingerprint density at radius 2 is 2.06 bits per heavy atom. The maximum absolute atomic E-state index is 11.9. The largest absolute Gasteiger partial charge is 0.351 e. The molecule has 1 unspecified atom stereocenters. The summed E-state index contributed by atoms with van der Waals surface area (Å²) in [5, 5.41) is 2.93. The molecule has 0 spiro atoms. The van der Waals surface area contributed by atoms with Gasteiger partial charge >= 0.3 is 0 Å². The molecule has 3 nitrogen and oxygen atoms in total. The maximum Gasteiger partial charge on any atom is 0.241 e. The molecule has 0 radical (unpaired) electrons. The molecule has 4 heteroatoms. The summed E-state index contributed by atoms with van der Waals surface area (Å²) in [6.07, 6.45) is 0. The Bertz CT molecular complexity index is 343. The molecule has 0 bridgehead atoms. The van der Waals surface area contributed by atoms with E-state index in [0.29, 0.717) is 0 Å². The van der Waals surface area contributed by atoms with Gasteiger partial charge < -0.3 is 11.1 Å². The molecule has 0 fully saturated rings. The molecule has 1 rings (SSSR count). The first-order valence-electron chi connectivity index (χ1n) is 5.83. The molecule has 0 aromatic heterocycles. The van der Waals surface area contributed by atoms with Crippen molar-refractivity contribution in [1.29, 1.82) is 0 Å². The summed E-state index contributed by atoms with van der Waals surface area (Å²) >= 11 is 1.81. The van der Waals surface area contributed by atoms with Gasteiger partial charge in [-0.05, 0) is 18.2 Å². The summed E-state index contributed by atoms with van der Waals surface area (Å²) < 4.78 is 0. The monoisotopic (exact) mass is 252 g/mol. The molecule has 0 aliphatic rings. The van der Waals surface area contributed by atoms with Crippen molar-refractivity contribution in [3.05, 3.63) is 35.9 Å². The average molecular weight is 252 g/mol. The molecule has 1 amide bonds. The van der Waals surface area contributed by atoms with E-state index >= 15 is 0 Å². The Hall–Kier alpha value is -1.00. The first-order valence-corrected chi connectivity index (χ1v) is 6.99. The second-order valence-electron chi connectivity index (χ2n) is 3.96. The Balaban J connectivity index is 2.47. The summed E-state index contributed by atoms with van der Waals surface area (Å²) in [6.45, 7) is 4.10. The van der Waals surface area contributed by atoms with Gasteiger partial charge in [0.1, 0.15) is 6.04 Å². The molecular formula is C13H20N2OS. The van der Waals surface area contributed by atoms with Gasteiger partial charge in [0.2, 0.25) is 5.91 Å². The highest BCUT2D eigenvalue weighted by molar-refractivity contribution is 7.99. The Morgan fingerprint density at radius 1 is 1.41 bits per heavy atom. The lowest BCUT2D eigenvalue weighted by molar-refractivity contribution is -0.122. The van der Waals surface area contributed by atoms with Crippen LogP contribution in [0, 0.1) is 0 Å². The number of amides is 1. The third-order valence-corrected chi connectivity index (χ3v) is 3.55. The lowest BCUT2D eigenvalue weighted by atomic mass is 10.1. The molecule has 1 aromatic carbocycles. The van der Waals surface area contributed by atoms with Gasteiger partial charge in [-0.1, -0.05) is 37.3 Å². The fourth-order valence-corrected chi connectivity index (χ4v) is 2.15. The number of nitrogens with two attached hydrogens (primary N) is 1. The molecule has 0 aliphatic carbocycles. The molecule has 0 saturated carbocycles. The van der Waals surface area contributed by atoms with E-state index in [2.05, 4.69) is 12.2 Å². The van der Waals surface area contributed by atoms with Crippen LogP contribution in [0.25, 0.3) is 0 Å². The second kappa shape index (κ2) is 7.35. The van der Waals surface area contributed by atoms with E-state index in [4.69, 9.17) is 5.73 Å². The summed E-state index contributed by atoms with van der Waals surface area (Å²) in [5.41, 5.74) is 6.74. The van der Waals surface area contributed by atoms with E-state index in [-0.39, 0.29) is 11.9 Å². The molecule has 2 atom stereocenters. The SMILES string of the molecule is CCSCC(C)NC(=O)[C@H](N)c1ccccc1. The normalized spacial score (nSPS) is 14.1. The molecule has 94 valence electrons. The minimum absolute atomic E-state index is 0.111. The van der Waals surface area contributed by atoms with Crippen molar-refractivity contribution in [2.45, 2.75) is 25.9 Å². The van der Waals surface area contributed by atoms with Crippen molar-refractivity contribution >= 4 is 17.7 Å². The molecule has 17 heavy (non-hydrogen) atoms. The zero-order chi connectivity index (χ0) is 12.7. The summed E-state index contributed by atoms with van der Waals surface area (Å²) in [5.74, 6) is 1.87. The number of hydrogen-bond donors (Lipinski definition) is 2. The fourth-order valence-electron chi connectivity index (χ4n) is 1.48. The highest BCUT2D eigenvalue weighted by Gasteiger charge is 2.16. The lowest BCUT2D eigenvalue weighted by Crippen LogP contribution is -2.40. The molecule has 0 heterocycles. The van der Waals surface area contributed by atoms with Gasteiger partial charge in [0.25, 0.3) is 0 Å². The van der Waals surface area contributed by atoms with Crippen LogP contribution in [-0.2, 0) is 4.79 Å². The Labute approximate surface area is 107 Å². The van der Waals surface area contributed by atoms with E-state index in [0.717, 1.165) is 17.1 Å². The minimum Gasteiger partial charge on any atom is -0.351 e. The highest BCUT2D eigenvalue weighted by atomic mass is 32.2. The summed E-state index contributed by atoms with van der Waals surface area (Å²) in [6, 6.07) is 9.00. The standard InChI is InChI=1S/C13H20N2OS/c1-3-17-9-10(2)15-13(16)12(14)11-7-5-4-6-8-11/h4-8,10,12H,3,9,14H2,1-2H3,(H,15,16)/t10?,12-/m1/s1. The van der Waals surface area contributed by atoms with Crippen molar-refractivity contribution in [2.75, 3.05) is 11.5 Å².